The van der Waals surface area contributed by atoms with Crippen LogP contribution in [0.4, 0.5) is 0 Å². The van der Waals surface area contributed by atoms with Gasteiger partial charge in [-0.15, -0.1) is 0 Å². The molecule has 0 bridgehead atoms. The molecule has 0 spiro atoms. The Morgan fingerprint density at radius 3 is 2.76 bits per heavy atom. The topological polar surface area (TPSA) is 61.2 Å². The predicted octanol–water partition coefficient (Wildman–Crippen LogP) is 2.84. The fourth-order valence-corrected chi connectivity index (χ4v) is 1.92. The fourth-order valence-electron chi connectivity index (χ4n) is 1.92. The van der Waals surface area contributed by atoms with Crippen LogP contribution < -0.4 is 0 Å². The van der Waals surface area contributed by atoms with Gasteiger partial charge in [-0.1, -0.05) is 25.0 Å². The van der Waals surface area contributed by atoms with Gasteiger partial charge in [-0.2, -0.15) is 0 Å². The minimum absolute atomic E-state index is 0.296. The highest BCUT2D eigenvalue weighted by molar-refractivity contribution is 6.06. The van der Waals surface area contributed by atoms with E-state index in [4.69, 9.17) is 4.74 Å². The van der Waals surface area contributed by atoms with E-state index in [1.165, 1.54) is 17.1 Å². The van der Waals surface area contributed by atoms with E-state index >= 15 is 0 Å². The summed E-state index contributed by atoms with van der Waals surface area (Å²) in [5, 5.41) is 0. The van der Waals surface area contributed by atoms with Gasteiger partial charge >= 0.3 is 5.97 Å². The molecule has 0 N–H and O–H groups in total. The Labute approximate surface area is 123 Å². The van der Waals surface area contributed by atoms with Gasteiger partial charge in [0.05, 0.1) is 17.7 Å². The van der Waals surface area contributed by atoms with E-state index < -0.39 is 5.97 Å². The molecule has 0 unspecified atom stereocenters. The molecule has 0 fully saturated rings. The molecule has 110 valence electrons. The highest BCUT2D eigenvalue weighted by Crippen LogP contribution is 2.15. The molecule has 2 rings (SSSR count). The molecule has 0 radical (unpaired) electrons. The average Bonchev–Trinajstić information content (AvgIpc) is 3.01. The number of benzene rings is 1. The van der Waals surface area contributed by atoms with E-state index in [2.05, 4.69) is 4.98 Å². The van der Waals surface area contributed by atoms with Crippen molar-refractivity contribution in [3.63, 3.8) is 0 Å². The van der Waals surface area contributed by atoms with Crippen LogP contribution in [0.1, 0.15) is 46.0 Å². The monoisotopic (exact) mass is 286 g/mol. The van der Waals surface area contributed by atoms with Gasteiger partial charge in [-0.3, -0.25) is 9.36 Å². The van der Waals surface area contributed by atoms with Gasteiger partial charge in [0, 0.05) is 12.4 Å². The maximum absolute atomic E-state index is 12.4. The van der Waals surface area contributed by atoms with Gasteiger partial charge in [-0.05, 0) is 25.5 Å². The van der Waals surface area contributed by atoms with Crippen LogP contribution >= 0.6 is 0 Å². The molecule has 0 aliphatic carbocycles. The van der Waals surface area contributed by atoms with Crippen LogP contribution in [0.2, 0.25) is 0 Å². The number of aryl methyl sites for hydroxylation is 1. The second-order valence-corrected chi connectivity index (χ2v) is 4.81. The van der Waals surface area contributed by atoms with Crippen molar-refractivity contribution in [1.29, 1.82) is 0 Å². The van der Waals surface area contributed by atoms with Crippen molar-refractivity contribution in [2.24, 2.45) is 0 Å². The Hall–Kier alpha value is -2.43. The first-order chi connectivity index (χ1) is 10.1. The molecule has 2 aromatic rings. The summed E-state index contributed by atoms with van der Waals surface area (Å²) >= 11 is 0. The summed E-state index contributed by atoms with van der Waals surface area (Å²) in [5.41, 5.74) is 1.52. The number of esters is 1. The smallest absolute Gasteiger partial charge is 0.338 e. The Kier molecular flexibility index (Phi) is 4.87. The summed E-state index contributed by atoms with van der Waals surface area (Å²) in [4.78, 5) is 28.4. The second kappa shape index (κ2) is 6.83. The number of aromatic nitrogens is 2. The summed E-state index contributed by atoms with van der Waals surface area (Å²) in [6.07, 6.45) is 6.23. The fraction of sp³-hybridized carbons (Fsp3) is 0.312. The van der Waals surface area contributed by atoms with E-state index in [0.717, 1.165) is 18.4 Å². The zero-order chi connectivity index (χ0) is 15.2. The number of unbranched alkanes of at least 4 members (excludes halogenated alkanes) is 1. The van der Waals surface area contributed by atoms with Crippen LogP contribution in [0, 0.1) is 6.92 Å². The van der Waals surface area contributed by atoms with Crippen LogP contribution in [0.5, 0.6) is 0 Å². The standard InChI is InChI=1S/C16H18N2O3/c1-3-4-9-21-16(20)14-10-12(2)5-6-13(14)15(19)18-8-7-17-11-18/h5-8,10-11H,3-4,9H2,1-2H3. The molecule has 1 aromatic heterocycles. The maximum Gasteiger partial charge on any atom is 0.338 e. The van der Waals surface area contributed by atoms with Gasteiger partial charge in [0.25, 0.3) is 5.91 Å². The van der Waals surface area contributed by atoms with Crippen molar-refractivity contribution in [1.82, 2.24) is 9.55 Å². The Bertz CT molecular complexity index is 633. The number of hydrogen-bond donors (Lipinski definition) is 0. The number of ether oxygens (including phenoxy) is 1. The first-order valence-corrected chi connectivity index (χ1v) is 6.94. The van der Waals surface area contributed by atoms with Gasteiger partial charge in [0.15, 0.2) is 0 Å². The zero-order valence-electron chi connectivity index (χ0n) is 12.2. The van der Waals surface area contributed by atoms with E-state index in [9.17, 15) is 9.59 Å². The molecule has 0 saturated heterocycles. The molecule has 0 aliphatic heterocycles. The van der Waals surface area contributed by atoms with Gasteiger partial charge < -0.3 is 4.74 Å². The first kappa shape index (κ1) is 15.0. The molecule has 0 aliphatic rings. The molecule has 0 amide bonds. The van der Waals surface area contributed by atoms with Crippen molar-refractivity contribution in [2.45, 2.75) is 26.7 Å². The lowest BCUT2D eigenvalue weighted by Crippen LogP contribution is -2.17. The molecule has 0 saturated carbocycles. The molecular weight excluding hydrogens is 268 g/mol. The second-order valence-electron chi connectivity index (χ2n) is 4.81. The highest BCUT2D eigenvalue weighted by atomic mass is 16.5. The van der Waals surface area contributed by atoms with Crippen LogP contribution in [0.25, 0.3) is 0 Å². The molecule has 0 atom stereocenters. The molecule has 1 heterocycles. The van der Waals surface area contributed by atoms with Crippen molar-refractivity contribution in [2.75, 3.05) is 6.61 Å². The van der Waals surface area contributed by atoms with Crippen molar-refractivity contribution < 1.29 is 14.3 Å². The van der Waals surface area contributed by atoms with Gasteiger partial charge in [-0.25, -0.2) is 9.78 Å². The number of imidazole rings is 1. The average molecular weight is 286 g/mol. The summed E-state index contributed by atoms with van der Waals surface area (Å²) in [5.74, 6) is -0.759. The quantitative estimate of drug-likeness (QED) is 0.626. The van der Waals surface area contributed by atoms with Crippen molar-refractivity contribution >= 4 is 11.9 Å². The van der Waals surface area contributed by atoms with Crippen molar-refractivity contribution in [3.8, 4) is 0 Å². The van der Waals surface area contributed by atoms with Gasteiger partial charge in [0.2, 0.25) is 0 Å². The predicted molar refractivity (Wildman–Crippen MR) is 78.3 cm³/mol. The van der Waals surface area contributed by atoms with E-state index in [-0.39, 0.29) is 5.91 Å². The van der Waals surface area contributed by atoms with Crippen LogP contribution in [-0.4, -0.2) is 28.0 Å². The SMILES string of the molecule is CCCCOC(=O)c1cc(C)ccc1C(=O)n1ccnc1. The molecular formula is C16H18N2O3. The molecule has 1 aromatic carbocycles. The zero-order valence-corrected chi connectivity index (χ0v) is 12.2. The summed E-state index contributed by atoms with van der Waals surface area (Å²) < 4.78 is 6.56. The minimum Gasteiger partial charge on any atom is -0.462 e. The normalized spacial score (nSPS) is 10.4. The van der Waals surface area contributed by atoms with Crippen LogP contribution in [-0.2, 0) is 4.74 Å². The third-order valence-corrected chi connectivity index (χ3v) is 3.10. The third-order valence-electron chi connectivity index (χ3n) is 3.10. The molecule has 5 nitrogen and oxygen atoms in total. The largest absolute Gasteiger partial charge is 0.462 e. The lowest BCUT2D eigenvalue weighted by Gasteiger charge is -2.10. The number of carbonyl (C=O) groups is 2. The Balaban J connectivity index is 2.29. The van der Waals surface area contributed by atoms with E-state index in [0.29, 0.717) is 17.7 Å². The number of hydrogen-bond acceptors (Lipinski definition) is 4. The van der Waals surface area contributed by atoms with Crippen LogP contribution in [0.3, 0.4) is 0 Å². The molecule has 5 heteroatoms. The van der Waals surface area contributed by atoms with Gasteiger partial charge in [0.1, 0.15) is 6.33 Å². The molecule has 21 heavy (non-hydrogen) atoms. The van der Waals surface area contributed by atoms with Crippen molar-refractivity contribution in [3.05, 3.63) is 53.6 Å². The summed E-state index contributed by atoms with van der Waals surface area (Å²) in [6, 6.07) is 5.12. The lowest BCUT2D eigenvalue weighted by atomic mass is 10.0. The number of rotatable bonds is 5. The lowest BCUT2D eigenvalue weighted by molar-refractivity contribution is 0.0496. The maximum atomic E-state index is 12.4. The Morgan fingerprint density at radius 1 is 1.29 bits per heavy atom. The Morgan fingerprint density at radius 2 is 2.10 bits per heavy atom. The summed E-state index contributed by atoms with van der Waals surface area (Å²) in [6.45, 7) is 4.25. The number of nitrogens with zero attached hydrogens (tertiary/aromatic N) is 2. The summed E-state index contributed by atoms with van der Waals surface area (Å²) in [7, 11) is 0. The first-order valence-electron chi connectivity index (χ1n) is 6.94. The number of carbonyl (C=O) groups excluding carboxylic acids is 2. The highest BCUT2D eigenvalue weighted by Gasteiger charge is 2.19. The van der Waals surface area contributed by atoms with E-state index in [1.807, 2.05) is 13.8 Å². The van der Waals surface area contributed by atoms with Crippen LogP contribution in [0.15, 0.2) is 36.9 Å². The van der Waals surface area contributed by atoms with E-state index in [1.54, 1.807) is 24.4 Å². The minimum atomic E-state index is -0.462. The third kappa shape index (κ3) is 3.56.